The second kappa shape index (κ2) is 8.10. The Morgan fingerprint density at radius 1 is 1.21 bits per heavy atom. The molecule has 4 aromatic rings. The first kappa shape index (κ1) is 22.4. The molecular weight excluding hydrogens is 480 g/mol. The third-order valence-corrected chi connectivity index (χ3v) is 6.20. The van der Waals surface area contributed by atoms with Crippen molar-refractivity contribution in [3.05, 3.63) is 74.3 Å². The van der Waals surface area contributed by atoms with Crippen LogP contribution in [-0.4, -0.2) is 39.2 Å². The van der Waals surface area contributed by atoms with Gasteiger partial charge in [-0.2, -0.15) is 13.9 Å². The van der Waals surface area contributed by atoms with Crippen LogP contribution < -0.4 is 5.56 Å². The van der Waals surface area contributed by atoms with Gasteiger partial charge in [0.2, 0.25) is 0 Å². The molecule has 5 rings (SSSR count). The Labute approximate surface area is 193 Å². The molecule has 0 spiro atoms. The number of aromatic amines is 1. The number of H-pyrrole nitrogens is 1. The maximum atomic E-state index is 14.1. The predicted octanol–water partition coefficient (Wildman–Crippen LogP) is 4.55. The van der Waals surface area contributed by atoms with Crippen LogP contribution in [0.1, 0.15) is 34.2 Å². The number of nitrogens with zero attached hydrogens (tertiary/aromatic N) is 3. The third-order valence-electron chi connectivity index (χ3n) is 5.92. The quantitative estimate of drug-likeness (QED) is 0.424. The zero-order chi connectivity index (χ0) is 24.3. The first-order valence-electron chi connectivity index (χ1n) is 10.0. The minimum absolute atomic E-state index is 0.0203. The molecule has 0 unspecified atom stereocenters. The van der Waals surface area contributed by atoms with E-state index in [-0.39, 0.29) is 45.6 Å². The summed E-state index contributed by atoms with van der Waals surface area (Å²) in [7, 11) is 1.48. The summed E-state index contributed by atoms with van der Waals surface area (Å²) >= 11 is 5.99. The summed E-state index contributed by atoms with van der Waals surface area (Å²) in [4.78, 5) is 29.7. The number of rotatable bonds is 3. The number of pyridine rings is 1. The topological polar surface area (TPSA) is 80.2 Å². The summed E-state index contributed by atoms with van der Waals surface area (Å²) in [5.74, 6) is -2.80. The lowest BCUT2D eigenvalue weighted by Gasteiger charge is -2.34. The second-order valence-corrected chi connectivity index (χ2v) is 8.21. The number of hydrogen-bond donors (Lipinski definition) is 1. The smallest absolute Gasteiger partial charge is 0.333 e. The van der Waals surface area contributed by atoms with E-state index in [0.29, 0.717) is 15.9 Å². The summed E-state index contributed by atoms with van der Waals surface area (Å²) < 4.78 is 60.2. The van der Waals surface area contributed by atoms with Gasteiger partial charge in [0.25, 0.3) is 11.5 Å². The number of fused-ring (bicyclic) bond motifs is 4. The van der Waals surface area contributed by atoms with Crippen LogP contribution in [0.25, 0.3) is 21.7 Å². The van der Waals surface area contributed by atoms with Crippen molar-refractivity contribution in [2.45, 2.75) is 19.2 Å². The molecule has 3 heterocycles. The molecule has 2 aromatic heterocycles. The number of alkyl halides is 2. The lowest BCUT2D eigenvalue weighted by Crippen LogP contribution is -2.37. The van der Waals surface area contributed by atoms with Gasteiger partial charge >= 0.3 is 6.55 Å². The van der Waals surface area contributed by atoms with Crippen molar-refractivity contribution in [3.8, 4) is 0 Å². The van der Waals surface area contributed by atoms with E-state index in [1.54, 1.807) is 0 Å². The van der Waals surface area contributed by atoms with E-state index in [0.717, 1.165) is 12.1 Å². The van der Waals surface area contributed by atoms with Crippen LogP contribution in [0.4, 0.5) is 17.6 Å². The first-order valence-corrected chi connectivity index (χ1v) is 10.4. The SMILES string of the molecule is CN(C(=O)c1ccc2c(c1)c(Cl)nn2C(F)F)[C@@H]1COCc2[nH]c(=O)c3cc(F)c(F)cc3c21. The maximum absolute atomic E-state index is 14.1. The highest BCUT2D eigenvalue weighted by molar-refractivity contribution is 6.34. The second-order valence-electron chi connectivity index (χ2n) is 7.85. The molecule has 34 heavy (non-hydrogen) atoms. The van der Waals surface area contributed by atoms with Crippen molar-refractivity contribution in [1.29, 1.82) is 0 Å². The van der Waals surface area contributed by atoms with Gasteiger partial charge in [-0.15, -0.1) is 0 Å². The third kappa shape index (κ3) is 3.43. The average molecular weight is 495 g/mol. The number of amides is 1. The molecule has 0 saturated heterocycles. The van der Waals surface area contributed by atoms with Crippen LogP contribution >= 0.6 is 11.6 Å². The summed E-state index contributed by atoms with van der Waals surface area (Å²) in [5, 5.41) is 3.70. The van der Waals surface area contributed by atoms with Gasteiger partial charge < -0.3 is 14.6 Å². The molecule has 12 heteroatoms. The van der Waals surface area contributed by atoms with E-state index < -0.39 is 35.7 Å². The number of hydrogen-bond acceptors (Lipinski definition) is 4. The van der Waals surface area contributed by atoms with Crippen molar-refractivity contribution in [3.63, 3.8) is 0 Å². The number of likely N-dealkylation sites (N-methyl/N-ethyl adjacent to an activating group) is 1. The number of halogens is 5. The Balaban J connectivity index is 1.59. The molecule has 0 bridgehead atoms. The number of benzene rings is 2. The molecule has 1 aliphatic rings. The highest BCUT2D eigenvalue weighted by Gasteiger charge is 2.32. The molecule has 2 aromatic carbocycles. The zero-order valence-corrected chi connectivity index (χ0v) is 18.2. The van der Waals surface area contributed by atoms with E-state index in [1.165, 1.54) is 30.1 Å². The lowest BCUT2D eigenvalue weighted by molar-refractivity contribution is 0.0336. The number of ether oxygens (including phenoxy) is 1. The Hall–Kier alpha value is -3.44. The van der Waals surface area contributed by atoms with Gasteiger partial charge in [-0.05, 0) is 35.7 Å². The van der Waals surface area contributed by atoms with Gasteiger partial charge in [0.05, 0.1) is 30.2 Å². The van der Waals surface area contributed by atoms with Gasteiger partial charge in [-0.25, -0.2) is 13.5 Å². The fourth-order valence-electron chi connectivity index (χ4n) is 4.28. The van der Waals surface area contributed by atoms with E-state index in [9.17, 15) is 27.2 Å². The summed E-state index contributed by atoms with van der Waals surface area (Å²) in [6.07, 6.45) is 0. The fourth-order valence-corrected chi connectivity index (χ4v) is 4.51. The molecule has 0 saturated carbocycles. The first-order chi connectivity index (χ1) is 16.2. The molecular formula is C22H15ClF4N4O3. The summed E-state index contributed by atoms with van der Waals surface area (Å²) in [6.45, 7) is -2.86. The normalized spacial score (nSPS) is 15.8. The molecule has 0 radical (unpaired) electrons. The van der Waals surface area contributed by atoms with Crippen LogP contribution in [0.15, 0.2) is 35.1 Å². The van der Waals surface area contributed by atoms with Crippen LogP contribution in [-0.2, 0) is 11.3 Å². The number of nitrogens with one attached hydrogen (secondary N) is 1. The Morgan fingerprint density at radius 2 is 1.91 bits per heavy atom. The van der Waals surface area contributed by atoms with Gasteiger partial charge in [0, 0.05) is 29.3 Å². The Bertz CT molecular complexity index is 1530. The van der Waals surface area contributed by atoms with Gasteiger partial charge in [-0.1, -0.05) is 11.6 Å². The molecule has 1 amide bonds. The van der Waals surface area contributed by atoms with Crippen LogP contribution in [0.2, 0.25) is 5.15 Å². The van der Waals surface area contributed by atoms with Crippen LogP contribution in [0.3, 0.4) is 0 Å². The summed E-state index contributed by atoms with van der Waals surface area (Å²) in [6, 6.07) is 5.03. The molecule has 0 aliphatic carbocycles. The Morgan fingerprint density at radius 3 is 2.62 bits per heavy atom. The largest absolute Gasteiger partial charge is 0.373 e. The molecule has 1 atom stereocenters. The molecule has 1 aliphatic heterocycles. The van der Waals surface area contributed by atoms with Crippen molar-refractivity contribution in [2.24, 2.45) is 0 Å². The van der Waals surface area contributed by atoms with Gasteiger partial charge in [0.1, 0.15) is 0 Å². The van der Waals surface area contributed by atoms with Gasteiger partial charge in [-0.3, -0.25) is 9.59 Å². The molecule has 0 fully saturated rings. The molecule has 1 N–H and O–H groups in total. The van der Waals surface area contributed by atoms with E-state index in [4.69, 9.17) is 16.3 Å². The zero-order valence-electron chi connectivity index (χ0n) is 17.4. The standard InChI is InChI=1S/C22H15ClF4N4O3/c1-30(21(33)9-2-3-16-12(4-9)19(23)29-31(16)22(26)27)17-8-34-7-15-18(17)10-5-13(24)14(25)6-11(10)20(32)28-15/h2-6,17,22H,7-8H2,1H3,(H,28,32)/t17-/m1/s1. The van der Waals surface area contributed by atoms with E-state index >= 15 is 0 Å². The maximum Gasteiger partial charge on any atom is 0.333 e. The number of carbonyl (C=O) groups is 1. The van der Waals surface area contributed by atoms with Crippen molar-refractivity contribution >= 4 is 39.2 Å². The van der Waals surface area contributed by atoms with Gasteiger partial charge in [0.15, 0.2) is 16.8 Å². The Kier molecular flexibility index (Phi) is 5.33. The van der Waals surface area contributed by atoms with Crippen molar-refractivity contribution in [1.82, 2.24) is 19.7 Å². The highest BCUT2D eigenvalue weighted by Crippen LogP contribution is 2.35. The molecule has 7 nitrogen and oxygen atoms in total. The monoisotopic (exact) mass is 494 g/mol. The van der Waals surface area contributed by atoms with E-state index in [2.05, 4.69) is 10.1 Å². The number of aromatic nitrogens is 3. The minimum Gasteiger partial charge on any atom is -0.373 e. The lowest BCUT2D eigenvalue weighted by atomic mass is 9.95. The average Bonchev–Trinajstić information content (AvgIpc) is 3.15. The molecule has 176 valence electrons. The highest BCUT2D eigenvalue weighted by atomic mass is 35.5. The minimum atomic E-state index is -2.91. The fraction of sp³-hybridized carbons (Fsp3) is 0.227. The van der Waals surface area contributed by atoms with Crippen LogP contribution in [0, 0.1) is 11.6 Å². The van der Waals surface area contributed by atoms with Crippen molar-refractivity contribution in [2.75, 3.05) is 13.7 Å². The number of carbonyl (C=O) groups excluding carboxylic acids is 1. The van der Waals surface area contributed by atoms with Crippen LogP contribution in [0.5, 0.6) is 0 Å². The van der Waals surface area contributed by atoms with E-state index in [1.807, 2.05) is 0 Å². The predicted molar refractivity (Wildman–Crippen MR) is 115 cm³/mol. The summed E-state index contributed by atoms with van der Waals surface area (Å²) in [5.41, 5.74) is 0.369. The van der Waals surface area contributed by atoms with Crippen molar-refractivity contribution < 1.29 is 27.1 Å².